The highest BCUT2D eigenvalue weighted by molar-refractivity contribution is 7.10. The normalized spacial score (nSPS) is 18.0. The third-order valence-corrected chi connectivity index (χ3v) is 4.09. The molecule has 0 unspecified atom stereocenters. The SMILES string of the molecule is CCOC1CCN(c2snc(N)c2C)CC1. The number of nitrogen functional groups attached to an aromatic ring is 1. The Balaban J connectivity index is 1.96. The molecule has 1 saturated heterocycles. The number of ether oxygens (including phenoxy) is 1. The number of aromatic nitrogens is 1. The van der Waals surface area contributed by atoms with Crippen LogP contribution in [0.1, 0.15) is 25.3 Å². The van der Waals surface area contributed by atoms with Gasteiger partial charge in [0.05, 0.1) is 6.10 Å². The van der Waals surface area contributed by atoms with E-state index in [4.69, 9.17) is 10.5 Å². The van der Waals surface area contributed by atoms with E-state index in [2.05, 4.69) is 16.2 Å². The standard InChI is InChI=1S/C11H19N3OS/c1-3-15-9-4-6-14(7-5-9)11-8(2)10(12)13-16-11/h9H,3-7H2,1-2H3,(H2,12,13). The molecule has 90 valence electrons. The van der Waals surface area contributed by atoms with Crippen molar-refractivity contribution in [2.75, 3.05) is 30.3 Å². The van der Waals surface area contributed by atoms with Crippen molar-refractivity contribution in [3.63, 3.8) is 0 Å². The summed E-state index contributed by atoms with van der Waals surface area (Å²) in [6, 6.07) is 0. The van der Waals surface area contributed by atoms with Crippen LogP contribution in [0.5, 0.6) is 0 Å². The Morgan fingerprint density at radius 1 is 1.50 bits per heavy atom. The van der Waals surface area contributed by atoms with Gasteiger partial charge in [-0.3, -0.25) is 0 Å². The minimum absolute atomic E-state index is 0.437. The summed E-state index contributed by atoms with van der Waals surface area (Å²) in [6.45, 7) is 7.01. The molecule has 1 aromatic rings. The molecule has 1 aromatic heterocycles. The Morgan fingerprint density at radius 3 is 2.69 bits per heavy atom. The molecule has 0 atom stereocenters. The number of anilines is 2. The van der Waals surface area contributed by atoms with Crippen molar-refractivity contribution in [2.24, 2.45) is 0 Å². The topological polar surface area (TPSA) is 51.4 Å². The van der Waals surface area contributed by atoms with Gasteiger partial charge in [0.2, 0.25) is 0 Å². The van der Waals surface area contributed by atoms with E-state index in [0.717, 1.165) is 38.1 Å². The fourth-order valence-corrected chi connectivity index (χ4v) is 2.96. The second kappa shape index (κ2) is 5.01. The molecule has 5 heteroatoms. The van der Waals surface area contributed by atoms with Gasteiger partial charge < -0.3 is 15.4 Å². The van der Waals surface area contributed by atoms with E-state index < -0.39 is 0 Å². The fourth-order valence-electron chi connectivity index (χ4n) is 2.10. The Labute approximate surface area is 101 Å². The van der Waals surface area contributed by atoms with E-state index in [1.165, 1.54) is 16.5 Å². The van der Waals surface area contributed by atoms with Crippen LogP contribution in [0.15, 0.2) is 0 Å². The van der Waals surface area contributed by atoms with Gasteiger partial charge in [-0.25, -0.2) is 0 Å². The van der Waals surface area contributed by atoms with Crippen molar-refractivity contribution < 1.29 is 4.74 Å². The third-order valence-electron chi connectivity index (χ3n) is 3.07. The fraction of sp³-hybridized carbons (Fsp3) is 0.727. The smallest absolute Gasteiger partial charge is 0.142 e. The van der Waals surface area contributed by atoms with Crippen LogP contribution >= 0.6 is 11.5 Å². The molecule has 2 heterocycles. The molecular weight excluding hydrogens is 222 g/mol. The molecule has 0 saturated carbocycles. The van der Waals surface area contributed by atoms with Gasteiger partial charge in [-0.2, -0.15) is 4.37 Å². The van der Waals surface area contributed by atoms with Crippen LogP contribution in [0.25, 0.3) is 0 Å². The second-order valence-corrected chi connectivity index (χ2v) is 4.89. The Hall–Kier alpha value is -0.810. The van der Waals surface area contributed by atoms with Gasteiger partial charge in [-0.15, -0.1) is 0 Å². The maximum Gasteiger partial charge on any atom is 0.142 e. The van der Waals surface area contributed by atoms with E-state index in [9.17, 15) is 0 Å². The molecular formula is C11H19N3OS. The quantitative estimate of drug-likeness (QED) is 0.880. The molecule has 2 rings (SSSR count). The van der Waals surface area contributed by atoms with E-state index in [1.54, 1.807) is 0 Å². The van der Waals surface area contributed by atoms with Crippen LogP contribution in [-0.4, -0.2) is 30.2 Å². The predicted molar refractivity (Wildman–Crippen MR) is 68.1 cm³/mol. The van der Waals surface area contributed by atoms with Crippen molar-refractivity contribution in [3.8, 4) is 0 Å². The average molecular weight is 241 g/mol. The molecule has 0 spiro atoms. The number of rotatable bonds is 3. The van der Waals surface area contributed by atoms with Crippen LogP contribution in [0.2, 0.25) is 0 Å². The van der Waals surface area contributed by atoms with E-state index in [0.29, 0.717) is 11.9 Å². The molecule has 2 N–H and O–H groups in total. The van der Waals surface area contributed by atoms with Gasteiger partial charge >= 0.3 is 0 Å². The molecule has 0 aliphatic carbocycles. The summed E-state index contributed by atoms with van der Waals surface area (Å²) >= 11 is 1.51. The molecule has 1 fully saturated rings. The van der Waals surface area contributed by atoms with Gasteiger partial charge in [0.1, 0.15) is 10.8 Å². The molecule has 0 radical (unpaired) electrons. The summed E-state index contributed by atoms with van der Waals surface area (Å²) in [5.41, 5.74) is 6.90. The molecule has 4 nitrogen and oxygen atoms in total. The lowest BCUT2D eigenvalue weighted by molar-refractivity contribution is 0.0460. The van der Waals surface area contributed by atoms with Gasteiger partial charge in [-0.1, -0.05) is 0 Å². The van der Waals surface area contributed by atoms with Crippen molar-refractivity contribution in [1.29, 1.82) is 0 Å². The van der Waals surface area contributed by atoms with Gasteiger partial charge in [0, 0.05) is 25.3 Å². The highest BCUT2D eigenvalue weighted by Crippen LogP contribution is 2.31. The summed E-state index contributed by atoms with van der Waals surface area (Å²) in [5.74, 6) is 0.673. The monoisotopic (exact) mass is 241 g/mol. The summed E-state index contributed by atoms with van der Waals surface area (Å²) in [5, 5.41) is 1.23. The van der Waals surface area contributed by atoms with Crippen molar-refractivity contribution in [2.45, 2.75) is 32.8 Å². The van der Waals surface area contributed by atoms with Gasteiger partial charge in [0.25, 0.3) is 0 Å². The zero-order valence-corrected chi connectivity index (χ0v) is 10.7. The first-order valence-electron chi connectivity index (χ1n) is 5.80. The van der Waals surface area contributed by atoms with Crippen molar-refractivity contribution in [1.82, 2.24) is 4.37 Å². The van der Waals surface area contributed by atoms with E-state index >= 15 is 0 Å². The Morgan fingerprint density at radius 2 is 2.19 bits per heavy atom. The van der Waals surface area contributed by atoms with Crippen LogP contribution in [-0.2, 0) is 4.74 Å². The summed E-state index contributed by atoms with van der Waals surface area (Å²) in [6.07, 6.45) is 2.64. The Bertz CT molecular complexity index is 345. The average Bonchev–Trinajstić information content (AvgIpc) is 2.62. The molecule has 0 bridgehead atoms. The molecule has 16 heavy (non-hydrogen) atoms. The lowest BCUT2D eigenvalue weighted by Gasteiger charge is -2.32. The summed E-state index contributed by atoms with van der Waals surface area (Å²) in [4.78, 5) is 2.37. The van der Waals surface area contributed by atoms with Crippen LogP contribution < -0.4 is 10.6 Å². The predicted octanol–water partition coefficient (Wildman–Crippen LogP) is 2.04. The number of nitrogens with two attached hydrogens (primary N) is 1. The van der Waals surface area contributed by atoms with Crippen LogP contribution in [0.3, 0.4) is 0 Å². The highest BCUT2D eigenvalue weighted by Gasteiger charge is 2.22. The number of hydrogen-bond donors (Lipinski definition) is 1. The highest BCUT2D eigenvalue weighted by atomic mass is 32.1. The minimum atomic E-state index is 0.437. The first-order valence-corrected chi connectivity index (χ1v) is 6.58. The molecule has 0 amide bonds. The molecule has 1 aliphatic rings. The number of nitrogens with zero attached hydrogens (tertiary/aromatic N) is 2. The zero-order chi connectivity index (χ0) is 11.5. The molecule has 0 aromatic carbocycles. The van der Waals surface area contributed by atoms with Crippen molar-refractivity contribution >= 4 is 22.4 Å². The third kappa shape index (κ3) is 2.30. The zero-order valence-electron chi connectivity index (χ0n) is 9.90. The molecule has 1 aliphatic heterocycles. The largest absolute Gasteiger partial charge is 0.383 e. The number of hydrogen-bond acceptors (Lipinski definition) is 5. The van der Waals surface area contributed by atoms with Crippen molar-refractivity contribution in [3.05, 3.63) is 5.56 Å². The summed E-state index contributed by atoms with van der Waals surface area (Å²) in [7, 11) is 0. The second-order valence-electron chi connectivity index (χ2n) is 4.14. The van der Waals surface area contributed by atoms with E-state index in [-0.39, 0.29) is 0 Å². The summed E-state index contributed by atoms with van der Waals surface area (Å²) < 4.78 is 9.83. The Kier molecular flexibility index (Phi) is 3.66. The minimum Gasteiger partial charge on any atom is -0.383 e. The van der Waals surface area contributed by atoms with Gasteiger partial charge in [0.15, 0.2) is 0 Å². The lowest BCUT2D eigenvalue weighted by Crippen LogP contribution is -2.36. The van der Waals surface area contributed by atoms with Crippen LogP contribution in [0.4, 0.5) is 10.8 Å². The first-order chi connectivity index (χ1) is 7.72. The maximum absolute atomic E-state index is 5.77. The van der Waals surface area contributed by atoms with E-state index in [1.807, 2.05) is 6.92 Å². The number of piperidine rings is 1. The lowest BCUT2D eigenvalue weighted by atomic mass is 10.1. The van der Waals surface area contributed by atoms with Gasteiger partial charge in [-0.05, 0) is 38.2 Å². The first kappa shape index (κ1) is 11.7. The maximum atomic E-state index is 5.77. The van der Waals surface area contributed by atoms with Crippen LogP contribution in [0, 0.1) is 6.92 Å².